The third-order valence-corrected chi connectivity index (χ3v) is 4.71. The molecular formula is C25H22N4O4S. The molecule has 4 N–H and O–H groups in total. The Labute approximate surface area is 202 Å². The molecule has 0 fully saturated rings. The Morgan fingerprint density at radius 1 is 0.794 bits per heavy atom. The SMILES string of the molecule is COc1ccc(C=CC(=O)NC(=S)NNC(=O)c2ccc(NC(=O)c3ccccc3)cc2)cc1. The second-order valence-electron chi connectivity index (χ2n) is 6.90. The van der Waals surface area contributed by atoms with E-state index in [1.54, 1.807) is 86.0 Å². The monoisotopic (exact) mass is 474 g/mol. The number of methoxy groups -OCH3 is 1. The van der Waals surface area contributed by atoms with E-state index < -0.39 is 11.8 Å². The first-order valence-corrected chi connectivity index (χ1v) is 10.6. The zero-order valence-corrected chi connectivity index (χ0v) is 19.0. The van der Waals surface area contributed by atoms with Crippen molar-refractivity contribution < 1.29 is 19.1 Å². The van der Waals surface area contributed by atoms with Gasteiger partial charge in [-0.25, -0.2) is 0 Å². The van der Waals surface area contributed by atoms with Crippen LogP contribution in [0.15, 0.2) is 84.9 Å². The minimum atomic E-state index is -0.466. The maximum atomic E-state index is 12.3. The Bertz CT molecular complexity index is 1190. The molecule has 0 spiro atoms. The number of amides is 3. The van der Waals surface area contributed by atoms with Crippen molar-refractivity contribution in [2.24, 2.45) is 0 Å². The van der Waals surface area contributed by atoms with E-state index in [1.165, 1.54) is 6.08 Å². The predicted molar refractivity (Wildman–Crippen MR) is 134 cm³/mol. The number of hydrogen-bond donors (Lipinski definition) is 4. The van der Waals surface area contributed by atoms with Gasteiger partial charge in [-0.1, -0.05) is 30.3 Å². The number of benzene rings is 3. The van der Waals surface area contributed by atoms with Crippen molar-refractivity contribution >= 4 is 46.8 Å². The molecule has 3 aromatic rings. The van der Waals surface area contributed by atoms with Gasteiger partial charge in [-0.3, -0.25) is 30.6 Å². The van der Waals surface area contributed by atoms with Gasteiger partial charge in [-0.2, -0.15) is 0 Å². The molecule has 0 aliphatic carbocycles. The lowest BCUT2D eigenvalue weighted by Crippen LogP contribution is -2.48. The lowest BCUT2D eigenvalue weighted by atomic mass is 10.2. The first-order chi connectivity index (χ1) is 16.4. The highest BCUT2D eigenvalue weighted by molar-refractivity contribution is 7.80. The number of anilines is 1. The van der Waals surface area contributed by atoms with E-state index in [1.807, 2.05) is 6.07 Å². The zero-order valence-electron chi connectivity index (χ0n) is 18.2. The van der Waals surface area contributed by atoms with Crippen molar-refractivity contribution in [2.45, 2.75) is 0 Å². The summed E-state index contributed by atoms with van der Waals surface area (Å²) in [4.78, 5) is 36.5. The Morgan fingerprint density at radius 3 is 2.09 bits per heavy atom. The summed E-state index contributed by atoms with van der Waals surface area (Å²) in [7, 11) is 1.58. The highest BCUT2D eigenvalue weighted by Gasteiger charge is 2.09. The minimum absolute atomic E-state index is 0.0653. The fourth-order valence-electron chi connectivity index (χ4n) is 2.76. The topological polar surface area (TPSA) is 109 Å². The summed E-state index contributed by atoms with van der Waals surface area (Å²) in [5.41, 5.74) is 7.10. The Balaban J connectivity index is 1.44. The van der Waals surface area contributed by atoms with E-state index in [2.05, 4.69) is 21.5 Å². The largest absolute Gasteiger partial charge is 0.497 e. The lowest BCUT2D eigenvalue weighted by molar-refractivity contribution is -0.115. The van der Waals surface area contributed by atoms with Crippen LogP contribution < -0.4 is 26.2 Å². The third kappa shape index (κ3) is 7.28. The highest BCUT2D eigenvalue weighted by atomic mass is 32.1. The van der Waals surface area contributed by atoms with Crippen LogP contribution in [0.5, 0.6) is 5.75 Å². The number of thiocarbonyl (C=S) groups is 1. The Hall–Kier alpha value is -4.50. The number of hydrazine groups is 1. The standard InChI is InChI=1S/C25H22N4O4S/c1-33-21-14-7-17(8-15-21)9-16-22(30)27-25(34)29-28-24(32)19-10-12-20(13-11-19)26-23(31)18-5-3-2-4-6-18/h2-16H,1H3,(H,26,31)(H,28,32)(H2,27,29,30,34). The first-order valence-electron chi connectivity index (χ1n) is 10.1. The molecule has 172 valence electrons. The van der Waals surface area contributed by atoms with Gasteiger partial charge in [0.1, 0.15) is 5.75 Å². The van der Waals surface area contributed by atoms with E-state index in [4.69, 9.17) is 17.0 Å². The van der Waals surface area contributed by atoms with Crippen LogP contribution >= 0.6 is 12.2 Å². The van der Waals surface area contributed by atoms with Crippen LogP contribution in [0.3, 0.4) is 0 Å². The van der Waals surface area contributed by atoms with E-state index in [0.717, 1.165) is 5.56 Å². The smallest absolute Gasteiger partial charge is 0.269 e. The van der Waals surface area contributed by atoms with Gasteiger partial charge in [-0.15, -0.1) is 0 Å². The van der Waals surface area contributed by atoms with E-state index >= 15 is 0 Å². The molecule has 0 saturated heterocycles. The average Bonchev–Trinajstić information content (AvgIpc) is 2.87. The van der Waals surface area contributed by atoms with Gasteiger partial charge >= 0.3 is 0 Å². The molecule has 3 amide bonds. The molecule has 8 nitrogen and oxygen atoms in total. The Kier molecular flexibility index (Phi) is 8.48. The van der Waals surface area contributed by atoms with Crippen LogP contribution in [-0.4, -0.2) is 29.9 Å². The van der Waals surface area contributed by atoms with E-state index in [9.17, 15) is 14.4 Å². The van der Waals surface area contributed by atoms with Gasteiger partial charge < -0.3 is 10.1 Å². The van der Waals surface area contributed by atoms with Crippen LogP contribution in [0.2, 0.25) is 0 Å². The van der Waals surface area contributed by atoms with Gasteiger partial charge in [0.25, 0.3) is 11.8 Å². The quantitative estimate of drug-likeness (QED) is 0.248. The zero-order chi connectivity index (χ0) is 24.3. The summed E-state index contributed by atoms with van der Waals surface area (Å²) in [5.74, 6) is -0.455. The molecule has 0 aliphatic heterocycles. The van der Waals surface area contributed by atoms with Gasteiger partial charge in [-0.05, 0) is 72.4 Å². The second kappa shape index (κ2) is 11.9. The van der Waals surface area contributed by atoms with Gasteiger partial charge in [0.15, 0.2) is 5.11 Å². The predicted octanol–water partition coefficient (Wildman–Crippen LogP) is 3.30. The molecule has 0 saturated carbocycles. The summed E-state index contributed by atoms with van der Waals surface area (Å²) in [6.45, 7) is 0. The molecule has 3 rings (SSSR count). The van der Waals surface area contributed by atoms with Gasteiger partial charge in [0.05, 0.1) is 7.11 Å². The van der Waals surface area contributed by atoms with Gasteiger partial charge in [0, 0.05) is 22.9 Å². The lowest BCUT2D eigenvalue weighted by Gasteiger charge is -2.10. The summed E-state index contributed by atoms with van der Waals surface area (Å²) in [6.07, 6.45) is 2.94. The van der Waals surface area contributed by atoms with Crippen LogP contribution in [0.4, 0.5) is 5.69 Å². The van der Waals surface area contributed by atoms with E-state index in [-0.39, 0.29) is 11.0 Å². The minimum Gasteiger partial charge on any atom is -0.497 e. The maximum absolute atomic E-state index is 12.3. The van der Waals surface area contributed by atoms with Crippen LogP contribution in [0, 0.1) is 0 Å². The first kappa shape index (κ1) is 24.1. The van der Waals surface area contributed by atoms with Crippen LogP contribution in [0.25, 0.3) is 6.08 Å². The molecule has 0 aliphatic rings. The normalized spacial score (nSPS) is 10.3. The molecule has 0 heterocycles. The number of ether oxygens (including phenoxy) is 1. The average molecular weight is 475 g/mol. The van der Waals surface area contributed by atoms with Crippen molar-refractivity contribution in [3.8, 4) is 5.75 Å². The summed E-state index contributed by atoms with van der Waals surface area (Å²) in [5, 5.41) is 5.13. The summed E-state index contributed by atoms with van der Waals surface area (Å²) in [6, 6.07) is 22.3. The number of carbonyl (C=O) groups is 3. The van der Waals surface area contributed by atoms with E-state index in [0.29, 0.717) is 22.6 Å². The number of rotatable bonds is 6. The van der Waals surface area contributed by atoms with Crippen molar-refractivity contribution in [1.82, 2.24) is 16.2 Å². The molecule has 3 aromatic carbocycles. The van der Waals surface area contributed by atoms with Crippen molar-refractivity contribution in [3.05, 3.63) is 102 Å². The van der Waals surface area contributed by atoms with Crippen LogP contribution in [-0.2, 0) is 4.79 Å². The van der Waals surface area contributed by atoms with Crippen LogP contribution in [0.1, 0.15) is 26.3 Å². The number of hydrogen-bond acceptors (Lipinski definition) is 5. The molecule has 0 aromatic heterocycles. The molecule has 0 atom stereocenters. The fraction of sp³-hybridized carbons (Fsp3) is 0.0400. The number of carbonyl (C=O) groups excluding carboxylic acids is 3. The highest BCUT2D eigenvalue weighted by Crippen LogP contribution is 2.13. The molecule has 0 unspecified atom stereocenters. The van der Waals surface area contributed by atoms with Crippen molar-refractivity contribution in [2.75, 3.05) is 12.4 Å². The second-order valence-corrected chi connectivity index (χ2v) is 7.31. The Morgan fingerprint density at radius 2 is 1.44 bits per heavy atom. The molecule has 0 bridgehead atoms. The summed E-state index contributed by atoms with van der Waals surface area (Å²) >= 11 is 5.02. The fourth-order valence-corrected chi connectivity index (χ4v) is 2.91. The molecule has 34 heavy (non-hydrogen) atoms. The summed E-state index contributed by atoms with van der Waals surface area (Å²) < 4.78 is 5.08. The van der Waals surface area contributed by atoms with Crippen molar-refractivity contribution in [3.63, 3.8) is 0 Å². The van der Waals surface area contributed by atoms with Gasteiger partial charge in [0.2, 0.25) is 5.91 Å². The molecular weight excluding hydrogens is 452 g/mol. The maximum Gasteiger partial charge on any atom is 0.269 e. The molecule has 9 heteroatoms. The number of nitrogens with one attached hydrogen (secondary N) is 4. The van der Waals surface area contributed by atoms with Crippen molar-refractivity contribution in [1.29, 1.82) is 0 Å². The third-order valence-electron chi connectivity index (χ3n) is 4.51. The molecule has 0 radical (unpaired) electrons.